The Morgan fingerprint density at radius 3 is 2.72 bits per heavy atom. The van der Waals surface area contributed by atoms with Gasteiger partial charge < -0.3 is 15.0 Å². The number of halogens is 1. The van der Waals surface area contributed by atoms with Crippen molar-refractivity contribution in [3.05, 3.63) is 99.3 Å². The summed E-state index contributed by atoms with van der Waals surface area (Å²) in [5.41, 5.74) is 3.09. The van der Waals surface area contributed by atoms with E-state index in [2.05, 4.69) is 81.3 Å². The van der Waals surface area contributed by atoms with Gasteiger partial charge >= 0.3 is 0 Å². The summed E-state index contributed by atoms with van der Waals surface area (Å²) in [6, 6.07) is 25.0. The first-order chi connectivity index (χ1) is 17.6. The molecule has 5 nitrogen and oxygen atoms in total. The number of nitrogens with one attached hydrogen (secondary N) is 1. The van der Waals surface area contributed by atoms with Gasteiger partial charge in [-0.25, -0.2) is 0 Å². The molecule has 36 heavy (non-hydrogen) atoms. The molecule has 2 N–H and O–H groups in total. The highest BCUT2D eigenvalue weighted by molar-refractivity contribution is 14.1. The number of carbonyl (C=O) groups excluding carboxylic acids is 1. The fourth-order valence-corrected chi connectivity index (χ4v) is 5.85. The maximum atomic E-state index is 12.9. The third-order valence-electron chi connectivity index (χ3n) is 7.07. The quantitative estimate of drug-likeness (QED) is 0.185. The van der Waals surface area contributed by atoms with E-state index in [1.165, 1.54) is 24.8 Å². The van der Waals surface area contributed by atoms with Crippen molar-refractivity contribution in [1.82, 2.24) is 14.8 Å². The molecule has 1 aliphatic heterocycles. The van der Waals surface area contributed by atoms with Crippen LogP contribution in [0.1, 0.15) is 53.2 Å². The van der Waals surface area contributed by atoms with Crippen molar-refractivity contribution >= 4 is 39.3 Å². The second kappa shape index (κ2) is 11.5. The van der Waals surface area contributed by atoms with E-state index in [0.717, 1.165) is 34.0 Å². The van der Waals surface area contributed by atoms with E-state index in [9.17, 15) is 9.90 Å². The van der Waals surface area contributed by atoms with Gasteiger partial charge in [-0.2, -0.15) is 0 Å². The summed E-state index contributed by atoms with van der Waals surface area (Å²) in [6.07, 6.45) is 6.56. The maximum Gasteiger partial charge on any atom is 0.251 e. The van der Waals surface area contributed by atoms with Crippen LogP contribution in [-0.4, -0.2) is 40.1 Å². The summed E-state index contributed by atoms with van der Waals surface area (Å²) >= 11 is 2.29. The number of likely N-dealkylation sites (tertiary alicyclic amines) is 1. The molecule has 0 saturated carbocycles. The van der Waals surface area contributed by atoms with Gasteiger partial charge in [0, 0.05) is 45.2 Å². The van der Waals surface area contributed by atoms with E-state index in [4.69, 9.17) is 0 Å². The number of aromatic nitrogens is 1. The lowest BCUT2D eigenvalue weighted by Crippen LogP contribution is -2.36. The van der Waals surface area contributed by atoms with Crippen molar-refractivity contribution in [2.24, 2.45) is 0 Å². The molecule has 2 heterocycles. The van der Waals surface area contributed by atoms with Crippen LogP contribution in [0.15, 0.2) is 79.0 Å². The molecule has 1 amide bonds. The van der Waals surface area contributed by atoms with Gasteiger partial charge in [-0.15, -0.1) is 0 Å². The minimum atomic E-state index is -0.0973. The molecule has 1 unspecified atom stereocenters. The first kappa shape index (κ1) is 24.8. The van der Waals surface area contributed by atoms with Gasteiger partial charge in [0.05, 0.1) is 6.54 Å². The Kier molecular flexibility index (Phi) is 7.92. The van der Waals surface area contributed by atoms with Crippen molar-refractivity contribution in [3.63, 3.8) is 0 Å². The lowest BCUT2D eigenvalue weighted by molar-refractivity contribution is 0.0947. The molecule has 1 fully saturated rings. The molecule has 1 aromatic heterocycles. The Labute approximate surface area is 226 Å². The molecule has 4 aromatic rings. The van der Waals surface area contributed by atoms with Crippen LogP contribution < -0.4 is 5.32 Å². The summed E-state index contributed by atoms with van der Waals surface area (Å²) in [5, 5.41) is 15.5. The molecule has 6 heteroatoms. The van der Waals surface area contributed by atoms with Crippen LogP contribution >= 0.6 is 22.6 Å². The monoisotopic (exact) mass is 593 g/mol. The molecule has 0 bridgehead atoms. The first-order valence-electron chi connectivity index (χ1n) is 12.7. The molecule has 186 valence electrons. The van der Waals surface area contributed by atoms with E-state index >= 15 is 0 Å². The molecule has 1 aliphatic rings. The van der Waals surface area contributed by atoms with E-state index < -0.39 is 0 Å². The summed E-state index contributed by atoms with van der Waals surface area (Å²) in [6.45, 7) is 3.30. The Bertz CT molecular complexity index is 1330. The normalized spacial score (nSPS) is 16.3. The second-order valence-corrected chi connectivity index (χ2v) is 10.8. The Morgan fingerprint density at radius 1 is 1.03 bits per heavy atom. The van der Waals surface area contributed by atoms with E-state index in [0.29, 0.717) is 30.1 Å². The number of fused-ring (bicyclic) bond motifs is 1. The van der Waals surface area contributed by atoms with Crippen LogP contribution in [0.4, 0.5) is 0 Å². The summed E-state index contributed by atoms with van der Waals surface area (Å²) in [4.78, 5) is 15.4. The number of nitrogens with zero attached hydrogens (tertiary/aromatic N) is 2. The number of benzene rings is 3. The van der Waals surface area contributed by atoms with Crippen molar-refractivity contribution in [2.75, 3.05) is 19.6 Å². The Morgan fingerprint density at radius 2 is 1.89 bits per heavy atom. The molecule has 5 rings (SSSR count). The number of aromatic hydroxyl groups is 1. The van der Waals surface area contributed by atoms with Crippen LogP contribution in [0, 0.1) is 3.57 Å². The summed E-state index contributed by atoms with van der Waals surface area (Å²) < 4.78 is 3.00. The predicted octanol–water partition coefficient (Wildman–Crippen LogP) is 6.35. The molecule has 0 spiro atoms. The fourth-order valence-electron chi connectivity index (χ4n) is 5.24. The zero-order chi connectivity index (χ0) is 24.9. The topological polar surface area (TPSA) is 57.5 Å². The van der Waals surface area contributed by atoms with Gasteiger partial charge in [0.15, 0.2) is 5.88 Å². The van der Waals surface area contributed by atoms with Crippen molar-refractivity contribution in [3.8, 4) is 5.88 Å². The van der Waals surface area contributed by atoms with Crippen LogP contribution in [0.25, 0.3) is 10.8 Å². The average Bonchev–Trinajstić information content (AvgIpc) is 3.21. The largest absolute Gasteiger partial charge is 0.494 e. The van der Waals surface area contributed by atoms with Crippen molar-refractivity contribution in [1.29, 1.82) is 0 Å². The zero-order valence-electron chi connectivity index (χ0n) is 20.4. The van der Waals surface area contributed by atoms with Crippen molar-refractivity contribution < 1.29 is 9.90 Å². The maximum absolute atomic E-state index is 12.9. The van der Waals surface area contributed by atoms with Crippen LogP contribution in [0.2, 0.25) is 0 Å². The lowest BCUT2D eigenvalue weighted by Gasteiger charge is -2.36. The van der Waals surface area contributed by atoms with E-state index in [-0.39, 0.29) is 11.8 Å². The Balaban J connectivity index is 1.18. The third-order valence-corrected chi connectivity index (χ3v) is 7.74. The van der Waals surface area contributed by atoms with Gasteiger partial charge in [-0.1, -0.05) is 55.0 Å². The minimum absolute atomic E-state index is 0.0973. The number of amides is 1. The smallest absolute Gasteiger partial charge is 0.251 e. The number of hydrogen-bond donors (Lipinski definition) is 2. The molecular formula is C30H32IN3O2. The first-order valence-corrected chi connectivity index (χ1v) is 13.8. The van der Waals surface area contributed by atoms with Gasteiger partial charge in [0.25, 0.3) is 5.91 Å². The highest BCUT2D eigenvalue weighted by atomic mass is 127. The second-order valence-electron chi connectivity index (χ2n) is 9.58. The van der Waals surface area contributed by atoms with Crippen molar-refractivity contribution in [2.45, 2.75) is 38.3 Å². The number of hydrogen-bond acceptors (Lipinski definition) is 3. The number of piperidine rings is 1. The van der Waals surface area contributed by atoms with Gasteiger partial charge in [0.1, 0.15) is 0 Å². The molecule has 1 atom stereocenters. The van der Waals surface area contributed by atoms with Crippen LogP contribution in [0.5, 0.6) is 5.88 Å². The predicted molar refractivity (Wildman–Crippen MR) is 153 cm³/mol. The summed E-state index contributed by atoms with van der Waals surface area (Å²) in [5.74, 6) is 0.0930. The van der Waals surface area contributed by atoms with Crippen LogP contribution in [0.3, 0.4) is 0 Å². The standard InChI is InChI=1S/C30H32IN3O2/c31-26-11-6-8-22(18-26)20-34-21-25-14-13-24(19-27(25)30(34)36)29(35)32-15-7-17-33-16-5-4-12-28(33)23-9-2-1-3-10-23/h1-3,6,8-11,13-14,18-19,21,28,36H,4-5,7,12,15-17,20H2,(H,32,35). The summed E-state index contributed by atoms with van der Waals surface area (Å²) in [7, 11) is 0. The minimum Gasteiger partial charge on any atom is -0.494 e. The molecule has 0 aliphatic carbocycles. The highest BCUT2D eigenvalue weighted by Gasteiger charge is 2.23. The lowest BCUT2D eigenvalue weighted by atomic mass is 9.95. The van der Waals surface area contributed by atoms with Gasteiger partial charge in [-0.05, 0) is 83.8 Å². The zero-order valence-corrected chi connectivity index (χ0v) is 22.5. The number of rotatable bonds is 8. The van der Waals surface area contributed by atoms with Gasteiger partial charge in [-0.3, -0.25) is 9.69 Å². The highest BCUT2D eigenvalue weighted by Crippen LogP contribution is 2.31. The van der Waals surface area contributed by atoms with E-state index in [1.807, 2.05) is 29.0 Å². The van der Waals surface area contributed by atoms with Crippen LogP contribution in [-0.2, 0) is 6.54 Å². The third kappa shape index (κ3) is 5.76. The number of carbonyl (C=O) groups is 1. The molecular weight excluding hydrogens is 561 g/mol. The molecule has 0 radical (unpaired) electrons. The van der Waals surface area contributed by atoms with E-state index in [1.54, 1.807) is 6.07 Å². The average molecular weight is 594 g/mol. The Hall–Kier alpha value is -2.84. The fraction of sp³-hybridized carbons (Fsp3) is 0.300. The SMILES string of the molecule is O=C(NCCCN1CCCCC1c1ccccc1)c1ccc2cn(Cc3cccc(I)c3)c(O)c2c1. The van der Waals surface area contributed by atoms with Gasteiger partial charge in [0.2, 0.25) is 0 Å². The molecule has 3 aromatic carbocycles. The molecule has 1 saturated heterocycles.